The molecule has 1 aliphatic heterocycles. The Balaban J connectivity index is 1.94. The van der Waals surface area contributed by atoms with Crippen molar-refractivity contribution in [3.05, 3.63) is 11.6 Å². The molecule has 5 heteroatoms. The number of rotatable bonds is 5. The first-order valence-corrected chi connectivity index (χ1v) is 8.22. The molecule has 1 N–H and O–H groups in total. The Morgan fingerprint density at radius 1 is 1.50 bits per heavy atom. The monoisotopic (exact) mass is 273 g/mol. The van der Waals surface area contributed by atoms with Crippen LogP contribution in [-0.4, -0.2) is 33.4 Å². The zero-order chi connectivity index (χ0) is 13.2. The van der Waals surface area contributed by atoms with E-state index in [4.69, 9.17) is 4.74 Å². The molecule has 1 aliphatic carbocycles. The van der Waals surface area contributed by atoms with Crippen LogP contribution in [0, 0.1) is 5.41 Å². The van der Waals surface area contributed by atoms with Gasteiger partial charge in [0.2, 0.25) is 10.0 Å². The molecule has 18 heavy (non-hydrogen) atoms. The van der Waals surface area contributed by atoms with E-state index in [1.165, 1.54) is 12.0 Å². The third kappa shape index (κ3) is 3.13. The number of sulfonamides is 1. The number of hydrogen-bond acceptors (Lipinski definition) is 3. The van der Waals surface area contributed by atoms with E-state index < -0.39 is 10.0 Å². The Hall–Kier alpha value is -0.390. The van der Waals surface area contributed by atoms with Crippen molar-refractivity contribution in [3.63, 3.8) is 0 Å². The lowest BCUT2D eigenvalue weighted by molar-refractivity contribution is 0.198. The summed E-state index contributed by atoms with van der Waals surface area (Å²) in [5.41, 5.74) is 1.30. The van der Waals surface area contributed by atoms with Gasteiger partial charge in [-0.05, 0) is 31.1 Å². The van der Waals surface area contributed by atoms with Crippen LogP contribution in [0.5, 0.6) is 0 Å². The maximum Gasteiger partial charge on any atom is 0.216 e. The molecular formula is C13H23NO3S. The fraction of sp³-hybridized carbons (Fsp3) is 0.846. The summed E-state index contributed by atoms with van der Waals surface area (Å²) < 4.78 is 32.1. The Morgan fingerprint density at radius 3 is 2.83 bits per heavy atom. The number of hydrogen-bond donors (Lipinski definition) is 1. The summed E-state index contributed by atoms with van der Waals surface area (Å²) in [5, 5.41) is -0.370. The maximum atomic E-state index is 12.1. The molecule has 0 aromatic rings. The topological polar surface area (TPSA) is 55.4 Å². The normalized spacial score (nSPS) is 25.4. The molecule has 1 saturated heterocycles. The Labute approximate surface area is 110 Å². The molecule has 0 radical (unpaired) electrons. The second kappa shape index (κ2) is 5.31. The minimum Gasteiger partial charge on any atom is -0.380 e. The molecule has 1 unspecified atom stereocenters. The lowest BCUT2D eigenvalue weighted by Gasteiger charge is -2.27. The first-order chi connectivity index (χ1) is 8.42. The number of ether oxygens (including phenoxy) is 1. The van der Waals surface area contributed by atoms with Crippen molar-refractivity contribution in [2.24, 2.45) is 5.41 Å². The van der Waals surface area contributed by atoms with Gasteiger partial charge in [-0.1, -0.05) is 25.5 Å². The largest absolute Gasteiger partial charge is 0.380 e. The molecule has 0 amide bonds. The average molecular weight is 273 g/mol. The van der Waals surface area contributed by atoms with Crippen LogP contribution >= 0.6 is 0 Å². The van der Waals surface area contributed by atoms with E-state index in [2.05, 4.69) is 24.6 Å². The minimum atomic E-state index is -3.22. The van der Waals surface area contributed by atoms with Crippen LogP contribution in [0.3, 0.4) is 0 Å². The van der Waals surface area contributed by atoms with Crippen molar-refractivity contribution < 1.29 is 13.2 Å². The smallest absolute Gasteiger partial charge is 0.216 e. The van der Waals surface area contributed by atoms with Gasteiger partial charge in [0.15, 0.2) is 0 Å². The van der Waals surface area contributed by atoms with Crippen molar-refractivity contribution in [2.45, 2.75) is 44.8 Å². The van der Waals surface area contributed by atoms with E-state index in [1.54, 1.807) is 0 Å². The van der Waals surface area contributed by atoms with Gasteiger partial charge in [0.1, 0.15) is 5.25 Å². The molecule has 0 aromatic carbocycles. The van der Waals surface area contributed by atoms with Crippen LogP contribution in [0.25, 0.3) is 0 Å². The van der Waals surface area contributed by atoms with Crippen molar-refractivity contribution in [1.82, 2.24) is 4.72 Å². The van der Waals surface area contributed by atoms with Crippen LogP contribution in [0.4, 0.5) is 0 Å². The van der Waals surface area contributed by atoms with Crippen molar-refractivity contribution in [2.75, 3.05) is 19.8 Å². The van der Waals surface area contributed by atoms with Gasteiger partial charge in [-0.25, -0.2) is 13.1 Å². The van der Waals surface area contributed by atoms with Crippen molar-refractivity contribution >= 4 is 10.0 Å². The third-order valence-electron chi connectivity index (χ3n) is 3.95. The maximum absolute atomic E-state index is 12.1. The quantitative estimate of drug-likeness (QED) is 0.778. The molecule has 0 saturated carbocycles. The van der Waals surface area contributed by atoms with Gasteiger partial charge in [0.25, 0.3) is 0 Å². The van der Waals surface area contributed by atoms with Gasteiger partial charge in [-0.2, -0.15) is 0 Å². The molecule has 1 atom stereocenters. The Kier molecular flexibility index (Phi) is 4.14. The fourth-order valence-corrected chi connectivity index (χ4v) is 4.04. The van der Waals surface area contributed by atoms with E-state index in [0.29, 0.717) is 26.2 Å². The van der Waals surface area contributed by atoms with Crippen molar-refractivity contribution in [1.29, 1.82) is 0 Å². The second-order valence-corrected chi connectivity index (χ2v) is 7.90. The molecule has 0 bridgehead atoms. The summed E-state index contributed by atoms with van der Waals surface area (Å²) in [6, 6.07) is 0. The molecule has 1 fully saturated rings. The van der Waals surface area contributed by atoms with E-state index in [0.717, 1.165) is 12.8 Å². The summed E-state index contributed by atoms with van der Waals surface area (Å²) in [7, 11) is -3.22. The van der Waals surface area contributed by atoms with Gasteiger partial charge in [0, 0.05) is 13.2 Å². The molecule has 104 valence electrons. The first kappa shape index (κ1) is 14.0. The highest BCUT2D eigenvalue weighted by molar-refractivity contribution is 7.90. The van der Waals surface area contributed by atoms with E-state index in [9.17, 15) is 8.42 Å². The predicted octanol–water partition coefficient (Wildman–Crippen LogP) is 1.83. The molecule has 0 aromatic heterocycles. The van der Waals surface area contributed by atoms with Crippen LogP contribution in [-0.2, 0) is 14.8 Å². The fourth-order valence-electron chi connectivity index (χ4n) is 2.56. The van der Waals surface area contributed by atoms with Crippen LogP contribution in [0.1, 0.15) is 39.5 Å². The molecule has 2 rings (SSSR count). The SMILES string of the molecule is CC(C)(CNS(=O)(=O)C1CCOC1)C1=CCCC1. The summed E-state index contributed by atoms with van der Waals surface area (Å²) in [6.45, 7) is 5.59. The summed E-state index contributed by atoms with van der Waals surface area (Å²) in [5.74, 6) is 0. The predicted molar refractivity (Wildman–Crippen MR) is 71.9 cm³/mol. The zero-order valence-electron chi connectivity index (χ0n) is 11.2. The lowest BCUT2D eigenvalue weighted by atomic mass is 9.84. The van der Waals surface area contributed by atoms with Gasteiger partial charge < -0.3 is 4.74 Å². The highest BCUT2D eigenvalue weighted by Gasteiger charge is 2.32. The number of nitrogens with one attached hydrogen (secondary N) is 1. The number of allylic oxidation sites excluding steroid dienone is 1. The molecule has 4 nitrogen and oxygen atoms in total. The van der Waals surface area contributed by atoms with Gasteiger partial charge in [-0.3, -0.25) is 0 Å². The molecule has 1 heterocycles. The molecular weight excluding hydrogens is 250 g/mol. The summed E-state index contributed by atoms with van der Waals surface area (Å²) >= 11 is 0. The van der Waals surface area contributed by atoms with Gasteiger partial charge >= 0.3 is 0 Å². The molecule has 0 spiro atoms. The van der Waals surface area contributed by atoms with E-state index in [1.807, 2.05) is 0 Å². The zero-order valence-corrected chi connectivity index (χ0v) is 12.1. The Morgan fingerprint density at radius 2 is 2.28 bits per heavy atom. The lowest BCUT2D eigenvalue weighted by Crippen LogP contribution is -2.40. The minimum absolute atomic E-state index is 0.0803. The summed E-state index contributed by atoms with van der Waals surface area (Å²) in [4.78, 5) is 0. The van der Waals surface area contributed by atoms with Crippen LogP contribution in [0.15, 0.2) is 11.6 Å². The first-order valence-electron chi connectivity index (χ1n) is 6.67. The van der Waals surface area contributed by atoms with Crippen molar-refractivity contribution in [3.8, 4) is 0 Å². The van der Waals surface area contributed by atoms with Crippen LogP contribution in [0.2, 0.25) is 0 Å². The van der Waals surface area contributed by atoms with Crippen LogP contribution < -0.4 is 4.72 Å². The Bertz CT molecular complexity index is 420. The van der Waals surface area contributed by atoms with Gasteiger partial charge in [-0.15, -0.1) is 0 Å². The summed E-state index contributed by atoms with van der Waals surface area (Å²) in [6.07, 6.45) is 6.29. The second-order valence-electron chi connectivity index (χ2n) is 5.86. The van der Waals surface area contributed by atoms with Gasteiger partial charge in [0.05, 0.1) is 6.61 Å². The highest BCUT2D eigenvalue weighted by Crippen LogP contribution is 2.34. The molecule has 2 aliphatic rings. The van der Waals surface area contributed by atoms with E-state index in [-0.39, 0.29) is 10.7 Å². The average Bonchev–Trinajstić information content (AvgIpc) is 2.99. The highest BCUT2D eigenvalue weighted by atomic mass is 32.2. The standard InChI is InChI=1S/C13H23NO3S/c1-13(2,11-5-3-4-6-11)10-14-18(15,16)12-7-8-17-9-12/h5,12,14H,3-4,6-10H2,1-2H3. The van der Waals surface area contributed by atoms with E-state index >= 15 is 0 Å². The third-order valence-corrected chi connectivity index (χ3v) is 5.75.